The van der Waals surface area contributed by atoms with Gasteiger partial charge in [-0.15, -0.1) is 0 Å². The molecule has 7 nitrogen and oxygen atoms in total. The van der Waals surface area contributed by atoms with Crippen LogP contribution in [0.3, 0.4) is 0 Å². The SMILES string of the molecule is C[C@@H](c1ccon1)N(C)C(=O)C1CCN(c2nc(-c3ccccc3)nc3c2CCC3)CC1. The summed E-state index contributed by atoms with van der Waals surface area (Å²) in [6.07, 6.45) is 6.39. The van der Waals surface area contributed by atoms with Crippen LogP contribution >= 0.6 is 0 Å². The third-order valence-electron chi connectivity index (χ3n) is 6.90. The molecule has 1 amide bonds. The Labute approximate surface area is 188 Å². The van der Waals surface area contributed by atoms with E-state index in [4.69, 9.17) is 14.5 Å². The Bertz CT molecular complexity index is 1080. The first-order valence-electron chi connectivity index (χ1n) is 11.5. The van der Waals surface area contributed by atoms with Crippen LogP contribution in [0, 0.1) is 5.92 Å². The molecule has 2 aliphatic rings. The highest BCUT2D eigenvalue weighted by atomic mass is 16.5. The van der Waals surface area contributed by atoms with E-state index in [1.54, 1.807) is 11.2 Å². The number of piperidine rings is 1. The predicted molar refractivity (Wildman–Crippen MR) is 122 cm³/mol. The second-order valence-electron chi connectivity index (χ2n) is 8.83. The molecule has 0 unspecified atom stereocenters. The summed E-state index contributed by atoms with van der Waals surface area (Å²) in [5.74, 6) is 2.08. The number of hydrogen-bond acceptors (Lipinski definition) is 6. The van der Waals surface area contributed by atoms with Gasteiger partial charge in [0.1, 0.15) is 17.8 Å². The number of anilines is 1. The molecule has 2 aromatic heterocycles. The van der Waals surface area contributed by atoms with Gasteiger partial charge in [0.05, 0.1) is 6.04 Å². The molecule has 32 heavy (non-hydrogen) atoms. The molecular formula is C25H29N5O2. The molecule has 0 spiro atoms. The number of aromatic nitrogens is 3. The van der Waals surface area contributed by atoms with Gasteiger partial charge in [0.2, 0.25) is 5.91 Å². The Hall–Kier alpha value is -3.22. The summed E-state index contributed by atoms with van der Waals surface area (Å²) in [5.41, 5.74) is 4.32. The Morgan fingerprint density at radius 3 is 2.62 bits per heavy atom. The Morgan fingerprint density at radius 1 is 1.12 bits per heavy atom. The van der Waals surface area contributed by atoms with E-state index in [0.717, 1.165) is 68.1 Å². The zero-order valence-electron chi connectivity index (χ0n) is 18.7. The lowest BCUT2D eigenvalue weighted by Gasteiger charge is -2.36. The second kappa shape index (κ2) is 8.73. The van der Waals surface area contributed by atoms with Crippen LogP contribution in [0.2, 0.25) is 0 Å². The minimum Gasteiger partial charge on any atom is -0.364 e. The Morgan fingerprint density at radius 2 is 1.91 bits per heavy atom. The summed E-state index contributed by atoms with van der Waals surface area (Å²) in [7, 11) is 1.86. The van der Waals surface area contributed by atoms with Crippen molar-refractivity contribution in [1.29, 1.82) is 0 Å². The van der Waals surface area contributed by atoms with Gasteiger partial charge in [0.15, 0.2) is 5.82 Å². The molecule has 1 fully saturated rings. The van der Waals surface area contributed by atoms with Crippen molar-refractivity contribution in [1.82, 2.24) is 20.0 Å². The van der Waals surface area contributed by atoms with E-state index in [1.807, 2.05) is 38.2 Å². The molecule has 3 heterocycles. The molecule has 7 heteroatoms. The fourth-order valence-corrected chi connectivity index (χ4v) is 4.84. The topological polar surface area (TPSA) is 75.4 Å². The molecule has 1 aromatic carbocycles. The van der Waals surface area contributed by atoms with E-state index >= 15 is 0 Å². The highest BCUT2D eigenvalue weighted by Gasteiger charge is 2.32. The van der Waals surface area contributed by atoms with Crippen molar-refractivity contribution in [2.75, 3.05) is 25.0 Å². The van der Waals surface area contributed by atoms with E-state index in [1.165, 1.54) is 11.3 Å². The summed E-state index contributed by atoms with van der Waals surface area (Å²) in [6.45, 7) is 3.65. The molecule has 1 saturated heterocycles. The first kappa shape index (κ1) is 20.7. The quantitative estimate of drug-likeness (QED) is 0.607. The normalized spacial score (nSPS) is 17.2. The summed E-state index contributed by atoms with van der Waals surface area (Å²) < 4.78 is 4.95. The van der Waals surface area contributed by atoms with E-state index in [2.05, 4.69) is 22.2 Å². The van der Waals surface area contributed by atoms with Crippen molar-refractivity contribution in [2.24, 2.45) is 5.92 Å². The third-order valence-corrected chi connectivity index (χ3v) is 6.90. The van der Waals surface area contributed by atoms with Crippen LogP contribution in [0.25, 0.3) is 11.4 Å². The summed E-state index contributed by atoms with van der Waals surface area (Å²) in [5, 5.41) is 3.99. The average Bonchev–Trinajstić information content (AvgIpc) is 3.55. The molecule has 3 aromatic rings. The van der Waals surface area contributed by atoms with Crippen molar-refractivity contribution in [3.8, 4) is 11.4 Å². The van der Waals surface area contributed by atoms with E-state index in [9.17, 15) is 4.79 Å². The lowest BCUT2D eigenvalue weighted by atomic mass is 9.94. The first-order chi connectivity index (χ1) is 15.6. The van der Waals surface area contributed by atoms with Crippen LogP contribution in [-0.4, -0.2) is 46.1 Å². The molecule has 0 bridgehead atoms. The molecule has 1 aliphatic heterocycles. The minimum atomic E-state index is -0.0992. The minimum absolute atomic E-state index is 0.0223. The van der Waals surface area contributed by atoms with Gasteiger partial charge in [0, 0.05) is 48.9 Å². The molecule has 0 radical (unpaired) electrons. The Balaban J connectivity index is 1.31. The lowest BCUT2D eigenvalue weighted by molar-refractivity contribution is -0.136. The largest absolute Gasteiger partial charge is 0.364 e. The molecule has 0 N–H and O–H groups in total. The van der Waals surface area contributed by atoms with Gasteiger partial charge in [-0.05, 0) is 39.0 Å². The van der Waals surface area contributed by atoms with Crippen LogP contribution in [-0.2, 0) is 17.6 Å². The number of hydrogen-bond donors (Lipinski definition) is 0. The molecular weight excluding hydrogens is 402 g/mol. The van der Waals surface area contributed by atoms with Gasteiger partial charge in [-0.2, -0.15) is 0 Å². The van der Waals surface area contributed by atoms with Gasteiger partial charge >= 0.3 is 0 Å². The maximum Gasteiger partial charge on any atom is 0.226 e. The number of rotatable bonds is 5. The van der Waals surface area contributed by atoms with Gasteiger partial charge in [-0.3, -0.25) is 4.79 Å². The number of fused-ring (bicyclic) bond motifs is 1. The maximum atomic E-state index is 13.1. The average molecular weight is 432 g/mol. The van der Waals surface area contributed by atoms with Crippen molar-refractivity contribution in [3.63, 3.8) is 0 Å². The maximum absolute atomic E-state index is 13.1. The smallest absolute Gasteiger partial charge is 0.226 e. The molecule has 1 atom stereocenters. The second-order valence-corrected chi connectivity index (χ2v) is 8.83. The van der Waals surface area contributed by atoms with Crippen molar-refractivity contribution in [3.05, 3.63) is 59.6 Å². The van der Waals surface area contributed by atoms with Crippen LogP contribution in [0.5, 0.6) is 0 Å². The van der Waals surface area contributed by atoms with Crippen LogP contribution in [0.4, 0.5) is 5.82 Å². The van der Waals surface area contributed by atoms with Crippen LogP contribution in [0.1, 0.15) is 49.2 Å². The fraction of sp³-hybridized carbons (Fsp3) is 0.440. The summed E-state index contributed by atoms with van der Waals surface area (Å²) in [6, 6.07) is 11.9. The van der Waals surface area contributed by atoms with Gasteiger partial charge in [0.25, 0.3) is 0 Å². The van der Waals surface area contributed by atoms with Crippen LogP contribution < -0.4 is 4.90 Å². The van der Waals surface area contributed by atoms with Gasteiger partial charge in [-0.1, -0.05) is 35.5 Å². The van der Waals surface area contributed by atoms with Gasteiger partial charge < -0.3 is 14.3 Å². The molecule has 5 rings (SSSR count). The predicted octanol–water partition coefficient (Wildman–Crippen LogP) is 4.06. The van der Waals surface area contributed by atoms with Crippen molar-refractivity contribution in [2.45, 2.75) is 45.1 Å². The highest BCUT2D eigenvalue weighted by molar-refractivity contribution is 5.79. The standard InChI is InChI=1S/C25H29N5O2/c1-17(21-13-16-32-28-21)29(2)25(31)19-11-14-30(15-12-19)24-20-9-6-10-22(20)26-23(27-24)18-7-4-3-5-8-18/h3-5,7-8,13,16-17,19H,6,9-12,14-15H2,1-2H3/t17-/m0/s1. The first-order valence-corrected chi connectivity index (χ1v) is 11.5. The molecule has 0 saturated carbocycles. The van der Waals surface area contributed by atoms with Crippen molar-refractivity contribution < 1.29 is 9.32 Å². The highest BCUT2D eigenvalue weighted by Crippen LogP contribution is 2.34. The summed E-state index contributed by atoms with van der Waals surface area (Å²) in [4.78, 5) is 27.2. The third kappa shape index (κ3) is 3.87. The molecule has 1 aliphatic carbocycles. The number of carbonyl (C=O) groups excluding carboxylic acids is 1. The Kier molecular flexibility index (Phi) is 5.64. The lowest BCUT2D eigenvalue weighted by Crippen LogP contribution is -2.42. The number of amides is 1. The molecule has 166 valence electrons. The number of carbonyl (C=O) groups is 1. The van der Waals surface area contributed by atoms with Gasteiger partial charge in [-0.25, -0.2) is 9.97 Å². The monoisotopic (exact) mass is 431 g/mol. The van der Waals surface area contributed by atoms with E-state index in [0.29, 0.717) is 0 Å². The van der Waals surface area contributed by atoms with Crippen molar-refractivity contribution >= 4 is 11.7 Å². The summed E-state index contributed by atoms with van der Waals surface area (Å²) >= 11 is 0. The number of nitrogens with zero attached hydrogens (tertiary/aromatic N) is 5. The zero-order valence-corrected chi connectivity index (χ0v) is 18.7. The number of benzene rings is 1. The fourth-order valence-electron chi connectivity index (χ4n) is 4.84. The zero-order chi connectivity index (χ0) is 22.1. The van der Waals surface area contributed by atoms with E-state index in [-0.39, 0.29) is 17.9 Å². The number of aryl methyl sites for hydroxylation is 1. The van der Waals surface area contributed by atoms with E-state index < -0.39 is 0 Å². The van der Waals surface area contributed by atoms with Crippen LogP contribution in [0.15, 0.2) is 47.2 Å².